The van der Waals surface area contributed by atoms with Gasteiger partial charge in [-0.05, 0) is 17.7 Å². The van der Waals surface area contributed by atoms with Gasteiger partial charge in [0.1, 0.15) is 0 Å². The zero-order chi connectivity index (χ0) is 20.6. The highest BCUT2D eigenvalue weighted by molar-refractivity contribution is 6.30. The number of aliphatic hydroxyl groups is 1. The van der Waals surface area contributed by atoms with E-state index in [4.69, 9.17) is 21.1 Å². The fourth-order valence-electron chi connectivity index (χ4n) is 2.23. The van der Waals surface area contributed by atoms with Crippen LogP contribution in [0.1, 0.15) is 45.6 Å². The zero-order valence-corrected chi connectivity index (χ0v) is 17.0. The molecule has 0 radical (unpaired) electrons. The van der Waals surface area contributed by atoms with E-state index in [0.29, 0.717) is 5.02 Å². The molecule has 0 unspecified atom stereocenters. The van der Waals surface area contributed by atoms with Crippen molar-refractivity contribution in [3.8, 4) is 0 Å². The van der Waals surface area contributed by atoms with Crippen LogP contribution in [0.5, 0.6) is 0 Å². The summed E-state index contributed by atoms with van der Waals surface area (Å²) in [7, 11) is 0. The highest BCUT2D eigenvalue weighted by Gasteiger charge is 2.24. The minimum absolute atomic E-state index is 0.0102. The van der Waals surface area contributed by atoms with Gasteiger partial charge in [0, 0.05) is 29.8 Å². The average Bonchev–Trinajstić information content (AvgIpc) is 2.58. The molecule has 150 valence electrons. The lowest BCUT2D eigenvalue weighted by Gasteiger charge is -2.23. The summed E-state index contributed by atoms with van der Waals surface area (Å²) in [4.78, 5) is 23.9. The molecule has 0 aliphatic heterocycles. The summed E-state index contributed by atoms with van der Waals surface area (Å²) in [6.07, 6.45) is -1.40. The molecule has 0 aromatic heterocycles. The third-order valence-electron chi connectivity index (χ3n) is 3.79. The van der Waals surface area contributed by atoms with Gasteiger partial charge in [-0.25, -0.2) is 4.79 Å². The van der Waals surface area contributed by atoms with Gasteiger partial charge in [0.05, 0.1) is 11.7 Å². The Morgan fingerprint density at radius 1 is 1.15 bits per heavy atom. The van der Waals surface area contributed by atoms with E-state index in [0.717, 1.165) is 5.56 Å². The molecule has 1 aromatic rings. The molecule has 0 saturated carbocycles. The maximum atomic E-state index is 12.2. The Morgan fingerprint density at radius 3 is 2.22 bits per heavy atom. The minimum Gasteiger partial charge on any atom is -0.513 e. The Bertz CT molecular complexity index is 642. The normalized spacial score (nSPS) is 13.1. The van der Waals surface area contributed by atoms with Crippen LogP contribution in [0.3, 0.4) is 0 Å². The summed E-state index contributed by atoms with van der Waals surface area (Å²) < 4.78 is 10.5. The predicted molar refractivity (Wildman–Crippen MR) is 105 cm³/mol. The summed E-state index contributed by atoms with van der Waals surface area (Å²) in [6, 6.07) is 7.12. The number of benzene rings is 1. The summed E-state index contributed by atoms with van der Waals surface area (Å²) in [5.41, 5.74) is 0.890. The SMILES string of the molecule is C=C(O)C[C@@H](CNC(=O)O[C@H](OC(=O)C(C)C)C(C)C)c1ccc(Cl)cc1. The average molecular weight is 398 g/mol. The number of ether oxygens (including phenoxy) is 2. The van der Waals surface area contributed by atoms with Crippen LogP contribution in [0, 0.1) is 11.8 Å². The summed E-state index contributed by atoms with van der Waals surface area (Å²) in [5, 5.41) is 12.8. The van der Waals surface area contributed by atoms with Gasteiger partial charge in [-0.3, -0.25) is 4.79 Å². The molecule has 27 heavy (non-hydrogen) atoms. The number of aliphatic hydroxyl groups excluding tert-OH is 1. The first kappa shape index (κ1) is 22.8. The van der Waals surface area contributed by atoms with Gasteiger partial charge in [0.2, 0.25) is 0 Å². The number of nitrogens with one attached hydrogen (secondary N) is 1. The molecule has 1 aromatic carbocycles. The zero-order valence-electron chi connectivity index (χ0n) is 16.2. The van der Waals surface area contributed by atoms with Gasteiger partial charge in [-0.1, -0.05) is 58.0 Å². The van der Waals surface area contributed by atoms with Crippen molar-refractivity contribution in [2.24, 2.45) is 11.8 Å². The number of carbonyl (C=O) groups excluding carboxylic acids is 2. The number of alkyl carbamates (subject to hydrolysis) is 1. The van der Waals surface area contributed by atoms with Crippen LogP contribution < -0.4 is 5.32 Å². The second-order valence-corrected chi connectivity index (χ2v) is 7.45. The van der Waals surface area contributed by atoms with E-state index in [1.54, 1.807) is 39.8 Å². The predicted octanol–water partition coefficient (Wildman–Crippen LogP) is 4.79. The molecule has 1 amide bonds. The van der Waals surface area contributed by atoms with Crippen LogP contribution in [0.4, 0.5) is 4.79 Å². The molecule has 2 atom stereocenters. The fourth-order valence-corrected chi connectivity index (χ4v) is 2.35. The van der Waals surface area contributed by atoms with E-state index < -0.39 is 18.4 Å². The monoisotopic (exact) mass is 397 g/mol. The second kappa shape index (κ2) is 10.8. The molecule has 2 N–H and O–H groups in total. The molecule has 0 heterocycles. The molecular formula is C20H28ClNO5. The second-order valence-electron chi connectivity index (χ2n) is 7.01. The Morgan fingerprint density at radius 2 is 1.74 bits per heavy atom. The molecule has 0 aliphatic carbocycles. The van der Waals surface area contributed by atoms with E-state index in [-0.39, 0.29) is 36.5 Å². The smallest absolute Gasteiger partial charge is 0.410 e. The minimum atomic E-state index is -0.971. The summed E-state index contributed by atoms with van der Waals surface area (Å²) >= 11 is 5.90. The Hall–Kier alpha value is -2.21. The van der Waals surface area contributed by atoms with Gasteiger partial charge in [-0.2, -0.15) is 0 Å². The van der Waals surface area contributed by atoms with Crippen molar-refractivity contribution >= 4 is 23.7 Å². The van der Waals surface area contributed by atoms with E-state index >= 15 is 0 Å². The van der Waals surface area contributed by atoms with Gasteiger partial charge in [0.25, 0.3) is 6.29 Å². The lowest BCUT2D eigenvalue weighted by Crippen LogP contribution is -2.37. The van der Waals surface area contributed by atoms with E-state index in [9.17, 15) is 14.7 Å². The van der Waals surface area contributed by atoms with Gasteiger partial charge in [-0.15, -0.1) is 0 Å². The molecule has 0 saturated heterocycles. The Labute approximate surface area is 165 Å². The van der Waals surface area contributed by atoms with Gasteiger partial charge < -0.3 is 19.9 Å². The third kappa shape index (κ3) is 8.35. The fraction of sp³-hybridized carbons (Fsp3) is 0.500. The number of hydrogen-bond acceptors (Lipinski definition) is 5. The first-order chi connectivity index (χ1) is 12.6. The molecule has 7 heteroatoms. The standard InChI is InChI=1S/C20H28ClNO5/c1-12(2)18(24)26-19(13(3)4)27-20(25)22-11-16(10-14(5)23)15-6-8-17(21)9-7-15/h6-9,12-13,16,19,23H,5,10-11H2,1-4H3,(H,22,25)/t16-,19-/m0/s1. The number of carbonyl (C=O) groups is 2. The maximum Gasteiger partial charge on any atom is 0.410 e. The van der Waals surface area contributed by atoms with E-state index in [1.807, 2.05) is 12.1 Å². The highest BCUT2D eigenvalue weighted by Crippen LogP contribution is 2.23. The van der Waals surface area contributed by atoms with Crippen LogP contribution in [-0.4, -0.2) is 30.0 Å². The lowest BCUT2D eigenvalue weighted by molar-refractivity contribution is -0.178. The molecular weight excluding hydrogens is 370 g/mol. The summed E-state index contributed by atoms with van der Waals surface area (Å²) in [6.45, 7) is 10.7. The lowest BCUT2D eigenvalue weighted by atomic mass is 9.95. The highest BCUT2D eigenvalue weighted by atomic mass is 35.5. The Balaban J connectivity index is 2.70. The quantitative estimate of drug-likeness (QED) is 0.355. The van der Waals surface area contributed by atoms with Crippen molar-refractivity contribution in [3.05, 3.63) is 47.2 Å². The molecule has 0 bridgehead atoms. The van der Waals surface area contributed by atoms with Crippen molar-refractivity contribution in [2.45, 2.75) is 46.3 Å². The van der Waals surface area contributed by atoms with Crippen LogP contribution in [0.15, 0.2) is 36.6 Å². The van der Waals surface area contributed by atoms with Gasteiger partial charge in [0.15, 0.2) is 0 Å². The van der Waals surface area contributed by atoms with E-state index in [1.165, 1.54) is 0 Å². The van der Waals surface area contributed by atoms with Crippen molar-refractivity contribution in [3.63, 3.8) is 0 Å². The van der Waals surface area contributed by atoms with Crippen LogP contribution in [0.25, 0.3) is 0 Å². The molecule has 0 aliphatic rings. The van der Waals surface area contributed by atoms with Crippen molar-refractivity contribution < 1.29 is 24.2 Å². The largest absolute Gasteiger partial charge is 0.513 e. The van der Waals surface area contributed by atoms with Crippen LogP contribution in [0.2, 0.25) is 5.02 Å². The number of halogens is 1. The van der Waals surface area contributed by atoms with Crippen LogP contribution >= 0.6 is 11.6 Å². The van der Waals surface area contributed by atoms with Crippen molar-refractivity contribution in [1.82, 2.24) is 5.32 Å². The number of allylic oxidation sites excluding steroid dienone is 1. The number of rotatable bonds is 9. The molecule has 1 rings (SSSR count). The molecule has 0 fully saturated rings. The summed E-state index contributed by atoms with van der Waals surface area (Å²) in [5.74, 6) is -1.14. The number of amides is 1. The Kier molecular flexibility index (Phi) is 9.15. The topological polar surface area (TPSA) is 84.9 Å². The van der Waals surface area contributed by atoms with Crippen LogP contribution in [-0.2, 0) is 14.3 Å². The first-order valence-electron chi connectivity index (χ1n) is 8.87. The van der Waals surface area contributed by atoms with Crippen molar-refractivity contribution in [1.29, 1.82) is 0 Å². The van der Waals surface area contributed by atoms with Gasteiger partial charge >= 0.3 is 12.1 Å². The first-order valence-corrected chi connectivity index (χ1v) is 9.25. The maximum absolute atomic E-state index is 12.2. The molecule has 0 spiro atoms. The number of hydrogen-bond donors (Lipinski definition) is 2. The van der Waals surface area contributed by atoms with E-state index in [2.05, 4.69) is 11.9 Å². The number of esters is 1. The van der Waals surface area contributed by atoms with Crippen molar-refractivity contribution in [2.75, 3.05) is 6.54 Å². The molecule has 6 nitrogen and oxygen atoms in total. The third-order valence-corrected chi connectivity index (χ3v) is 4.04.